The standard InChI is InChI=1S/C12H16Cl3N/c1-12(2,4-5-16-3)11-9(14)6-8(13)7-10(11)15/h6-7,16H,4-5H2,1-3H3. The third-order valence-electron chi connectivity index (χ3n) is 2.68. The monoisotopic (exact) mass is 279 g/mol. The van der Waals surface area contributed by atoms with E-state index in [0.717, 1.165) is 18.5 Å². The second-order valence-electron chi connectivity index (χ2n) is 4.48. The van der Waals surface area contributed by atoms with Crippen molar-refractivity contribution in [2.75, 3.05) is 13.6 Å². The van der Waals surface area contributed by atoms with Gasteiger partial charge in [-0.1, -0.05) is 48.7 Å². The molecule has 0 aliphatic rings. The molecule has 0 atom stereocenters. The fraction of sp³-hybridized carbons (Fsp3) is 0.500. The van der Waals surface area contributed by atoms with Crippen LogP contribution in [0.3, 0.4) is 0 Å². The van der Waals surface area contributed by atoms with Gasteiger partial charge in [0.15, 0.2) is 0 Å². The number of halogens is 3. The molecule has 1 rings (SSSR count). The molecule has 0 aliphatic carbocycles. The van der Waals surface area contributed by atoms with E-state index in [1.165, 1.54) is 0 Å². The van der Waals surface area contributed by atoms with Crippen molar-refractivity contribution >= 4 is 34.8 Å². The molecular weight excluding hydrogens is 264 g/mol. The highest BCUT2D eigenvalue weighted by Crippen LogP contribution is 2.39. The minimum atomic E-state index is -0.0677. The molecule has 1 nitrogen and oxygen atoms in total. The SMILES string of the molecule is CNCCC(C)(C)c1c(Cl)cc(Cl)cc1Cl. The van der Waals surface area contributed by atoms with E-state index in [1.54, 1.807) is 12.1 Å². The molecule has 16 heavy (non-hydrogen) atoms. The molecule has 0 aromatic heterocycles. The highest BCUT2D eigenvalue weighted by Gasteiger charge is 2.25. The lowest BCUT2D eigenvalue weighted by Crippen LogP contribution is -2.24. The maximum absolute atomic E-state index is 6.21. The van der Waals surface area contributed by atoms with Crippen LogP contribution in [0.4, 0.5) is 0 Å². The molecule has 0 aliphatic heterocycles. The van der Waals surface area contributed by atoms with Crippen LogP contribution in [0.2, 0.25) is 15.1 Å². The Hall–Kier alpha value is 0.0500. The fourth-order valence-electron chi connectivity index (χ4n) is 1.75. The Morgan fingerprint density at radius 1 is 1.12 bits per heavy atom. The van der Waals surface area contributed by atoms with Gasteiger partial charge in [0.25, 0.3) is 0 Å². The summed E-state index contributed by atoms with van der Waals surface area (Å²) in [5.74, 6) is 0. The van der Waals surface area contributed by atoms with Crippen molar-refractivity contribution in [2.45, 2.75) is 25.7 Å². The molecule has 0 saturated heterocycles. The summed E-state index contributed by atoms with van der Waals surface area (Å²) < 4.78 is 0. The number of nitrogens with one attached hydrogen (secondary N) is 1. The first-order valence-corrected chi connectivity index (χ1v) is 6.31. The van der Waals surface area contributed by atoms with Crippen LogP contribution in [-0.2, 0) is 5.41 Å². The number of hydrogen-bond acceptors (Lipinski definition) is 1. The molecule has 90 valence electrons. The number of hydrogen-bond donors (Lipinski definition) is 1. The van der Waals surface area contributed by atoms with Gasteiger partial charge in [-0.15, -0.1) is 0 Å². The van der Waals surface area contributed by atoms with Crippen molar-refractivity contribution in [2.24, 2.45) is 0 Å². The second kappa shape index (κ2) is 5.59. The lowest BCUT2D eigenvalue weighted by molar-refractivity contribution is 0.469. The predicted molar refractivity (Wildman–Crippen MR) is 73.0 cm³/mol. The maximum Gasteiger partial charge on any atom is 0.0473 e. The zero-order valence-electron chi connectivity index (χ0n) is 9.70. The van der Waals surface area contributed by atoms with Crippen LogP contribution in [0.1, 0.15) is 25.8 Å². The molecule has 0 spiro atoms. The first kappa shape index (κ1) is 14.1. The van der Waals surface area contributed by atoms with Gasteiger partial charge in [-0.3, -0.25) is 0 Å². The molecule has 0 fully saturated rings. The average Bonchev–Trinajstić information content (AvgIpc) is 2.12. The largest absolute Gasteiger partial charge is 0.320 e. The van der Waals surface area contributed by atoms with E-state index >= 15 is 0 Å². The van der Waals surface area contributed by atoms with Crippen molar-refractivity contribution < 1.29 is 0 Å². The lowest BCUT2D eigenvalue weighted by atomic mass is 9.81. The molecule has 0 radical (unpaired) electrons. The van der Waals surface area contributed by atoms with Crippen LogP contribution in [0.25, 0.3) is 0 Å². The Kier molecular flexibility index (Phi) is 4.93. The van der Waals surface area contributed by atoms with E-state index in [2.05, 4.69) is 19.2 Å². The Bertz CT molecular complexity index is 352. The summed E-state index contributed by atoms with van der Waals surface area (Å²) in [6.45, 7) is 5.18. The summed E-state index contributed by atoms with van der Waals surface area (Å²) in [6, 6.07) is 3.48. The summed E-state index contributed by atoms with van der Waals surface area (Å²) in [5.41, 5.74) is 0.900. The molecule has 0 amide bonds. The van der Waals surface area contributed by atoms with E-state index in [9.17, 15) is 0 Å². The Morgan fingerprint density at radius 3 is 2.06 bits per heavy atom. The van der Waals surface area contributed by atoms with Crippen LogP contribution in [0.5, 0.6) is 0 Å². The van der Waals surface area contributed by atoms with Crippen LogP contribution >= 0.6 is 34.8 Å². The number of benzene rings is 1. The van der Waals surface area contributed by atoms with Crippen molar-refractivity contribution in [3.05, 3.63) is 32.8 Å². The lowest BCUT2D eigenvalue weighted by Gasteiger charge is -2.27. The van der Waals surface area contributed by atoms with Gasteiger partial charge in [0, 0.05) is 15.1 Å². The first-order chi connectivity index (χ1) is 7.38. The molecule has 0 unspecified atom stereocenters. The summed E-state index contributed by atoms with van der Waals surface area (Å²) in [7, 11) is 1.93. The highest BCUT2D eigenvalue weighted by molar-refractivity contribution is 6.39. The van der Waals surface area contributed by atoms with Gasteiger partial charge in [-0.2, -0.15) is 0 Å². The molecule has 1 N–H and O–H groups in total. The molecule has 4 heteroatoms. The van der Waals surface area contributed by atoms with E-state index in [-0.39, 0.29) is 5.41 Å². The fourth-order valence-corrected chi connectivity index (χ4v) is 3.08. The van der Waals surface area contributed by atoms with Crippen molar-refractivity contribution in [1.29, 1.82) is 0 Å². The maximum atomic E-state index is 6.21. The zero-order valence-corrected chi connectivity index (χ0v) is 12.0. The van der Waals surface area contributed by atoms with Gasteiger partial charge in [-0.25, -0.2) is 0 Å². The molecular formula is C12H16Cl3N. The zero-order chi connectivity index (χ0) is 12.3. The predicted octanol–water partition coefficient (Wildman–Crippen LogP) is 4.53. The van der Waals surface area contributed by atoms with E-state index in [1.807, 2.05) is 7.05 Å². The van der Waals surface area contributed by atoms with Crippen molar-refractivity contribution in [1.82, 2.24) is 5.32 Å². The molecule has 0 heterocycles. The van der Waals surface area contributed by atoms with E-state index in [0.29, 0.717) is 15.1 Å². The van der Waals surface area contributed by atoms with Gasteiger partial charge < -0.3 is 5.32 Å². The van der Waals surface area contributed by atoms with Crippen LogP contribution in [-0.4, -0.2) is 13.6 Å². The Morgan fingerprint density at radius 2 is 1.62 bits per heavy atom. The first-order valence-electron chi connectivity index (χ1n) is 5.18. The topological polar surface area (TPSA) is 12.0 Å². The quantitative estimate of drug-likeness (QED) is 0.854. The van der Waals surface area contributed by atoms with Gasteiger partial charge in [0.2, 0.25) is 0 Å². The van der Waals surface area contributed by atoms with Gasteiger partial charge in [-0.05, 0) is 43.1 Å². The third-order valence-corrected chi connectivity index (χ3v) is 3.50. The minimum Gasteiger partial charge on any atom is -0.320 e. The van der Waals surface area contributed by atoms with Gasteiger partial charge in [0.1, 0.15) is 0 Å². The molecule has 1 aromatic carbocycles. The van der Waals surface area contributed by atoms with Crippen molar-refractivity contribution in [3.63, 3.8) is 0 Å². The Labute approximate surface area is 112 Å². The summed E-state index contributed by atoms with van der Waals surface area (Å²) in [6.07, 6.45) is 0.963. The summed E-state index contributed by atoms with van der Waals surface area (Å²) in [4.78, 5) is 0. The molecule has 1 aromatic rings. The Balaban J connectivity index is 3.11. The van der Waals surface area contributed by atoms with Crippen LogP contribution in [0.15, 0.2) is 12.1 Å². The van der Waals surface area contributed by atoms with Gasteiger partial charge >= 0.3 is 0 Å². The summed E-state index contributed by atoms with van der Waals surface area (Å²) in [5, 5.41) is 4.98. The highest BCUT2D eigenvalue weighted by atomic mass is 35.5. The van der Waals surface area contributed by atoms with Crippen LogP contribution < -0.4 is 5.32 Å². The van der Waals surface area contributed by atoms with Gasteiger partial charge in [0.05, 0.1) is 0 Å². The summed E-state index contributed by atoms with van der Waals surface area (Å²) >= 11 is 18.3. The molecule has 0 saturated carbocycles. The van der Waals surface area contributed by atoms with E-state index in [4.69, 9.17) is 34.8 Å². The number of rotatable bonds is 4. The average molecular weight is 281 g/mol. The third kappa shape index (κ3) is 3.27. The van der Waals surface area contributed by atoms with Crippen molar-refractivity contribution in [3.8, 4) is 0 Å². The normalized spacial score (nSPS) is 11.9. The minimum absolute atomic E-state index is 0.0677. The van der Waals surface area contributed by atoms with Crippen LogP contribution in [0, 0.1) is 0 Å². The molecule has 0 bridgehead atoms. The van der Waals surface area contributed by atoms with E-state index < -0.39 is 0 Å². The smallest absolute Gasteiger partial charge is 0.0473 e. The second-order valence-corrected chi connectivity index (χ2v) is 5.73.